The molecule has 1 rings (SSSR count). The average Bonchev–Trinajstić information content (AvgIpc) is 2.47. The first-order valence-electron chi connectivity index (χ1n) is 7.68. The van der Waals surface area contributed by atoms with Crippen molar-refractivity contribution < 1.29 is 9.47 Å². The summed E-state index contributed by atoms with van der Waals surface area (Å²) in [6, 6.07) is 6.99. The normalized spacial score (nSPS) is 12.4. The number of methoxy groups -OCH3 is 2. The number of ether oxygens (including phenoxy) is 2. The molecule has 0 aliphatic heterocycles. The summed E-state index contributed by atoms with van der Waals surface area (Å²) in [5.74, 6) is 0. The zero-order valence-electron chi connectivity index (χ0n) is 14.1. The predicted molar refractivity (Wildman–Crippen MR) is 89.1 cm³/mol. The van der Waals surface area contributed by atoms with Crippen LogP contribution in [-0.4, -0.2) is 46.6 Å². The molecule has 21 heavy (non-hydrogen) atoms. The summed E-state index contributed by atoms with van der Waals surface area (Å²) < 4.78 is 10.5. The quantitative estimate of drug-likeness (QED) is 0.719. The Kier molecular flexibility index (Phi) is 8.35. The minimum absolute atomic E-state index is 0.323. The van der Waals surface area contributed by atoms with Crippen LogP contribution in [0.5, 0.6) is 0 Å². The van der Waals surface area contributed by atoms with Gasteiger partial charge in [-0.1, -0.05) is 13.0 Å². The Hall–Kier alpha value is -1.10. The summed E-state index contributed by atoms with van der Waals surface area (Å²) in [6.07, 6.45) is 0. The van der Waals surface area contributed by atoms with E-state index in [0.29, 0.717) is 19.3 Å². The number of nitrogens with one attached hydrogen (secondary N) is 1. The summed E-state index contributed by atoms with van der Waals surface area (Å²) in [5.41, 5.74) is 3.90. The molecule has 1 unspecified atom stereocenters. The van der Waals surface area contributed by atoms with E-state index in [-0.39, 0.29) is 0 Å². The summed E-state index contributed by atoms with van der Waals surface area (Å²) in [5, 5.41) is 3.38. The Labute approximate surface area is 129 Å². The molecule has 1 atom stereocenters. The topological polar surface area (TPSA) is 33.7 Å². The Morgan fingerprint density at radius 3 is 2.57 bits per heavy atom. The van der Waals surface area contributed by atoms with Gasteiger partial charge in [0.15, 0.2) is 0 Å². The molecule has 1 aromatic rings. The highest BCUT2D eigenvalue weighted by Gasteiger charge is 2.15. The molecule has 1 N–H and O–H groups in total. The molecule has 0 aromatic heterocycles. The highest BCUT2D eigenvalue weighted by molar-refractivity contribution is 5.51. The van der Waals surface area contributed by atoms with Gasteiger partial charge in [0, 0.05) is 39.0 Å². The average molecular weight is 294 g/mol. The molecule has 0 saturated carbocycles. The van der Waals surface area contributed by atoms with E-state index in [1.165, 1.54) is 16.8 Å². The smallest absolute Gasteiger partial charge is 0.0663 e. The molecule has 0 saturated heterocycles. The van der Waals surface area contributed by atoms with E-state index in [4.69, 9.17) is 9.47 Å². The molecule has 0 aliphatic rings. The van der Waals surface area contributed by atoms with E-state index in [9.17, 15) is 0 Å². The maximum atomic E-state index is 5.30. The number of aryl methyl sites for hydroxylation is 1. The summed E-state index contributed by atoms with van der Waals surface area (Å²) in [6.45, 7) is 10.7. The molecule has 0 spiro atoms. The Morgan fingerprint density at radius 2 is 2.00 bits per heavy atom. The number of hydrogen-bond donors (Lipinski definition) is 1. The maximum absolute atomic E-state index is 5.30. The lowest BCUT2D eigenvalue weighted by atomic mass is 10.1. The van der Waals surface area contributed by atoms with Gasteiger partial charge >= 0.3 is 0 Å². The Balaban J connectivity index is 2.88. The second-order valence-corrected chi connectivity index (χ2v) is 5.38. The first kappa shape index (κ1) is 18.0. The number of rotatable bonds is 10. The summed E-state index contributed by atoms with van der Waals surface area (Å²) in [4.78, 5) is 2.34. The van der Waals surface area contributed by atoms with Gasteiger partial charge in [-0.15, -0.1) is 0 Å². The molecule has 0 radical (unpaired) electrons. The van der Waals surface area contributed by atoms with Crippen LogP contribution in [0.15, 0.2) is 18.2 Å². The van der Waals surface area contributed by atoms with Crippen molar-refractivity contribution in [2.75, 3.05) is 45.4 Å². The van der Waals surface area contributed by atoms with Crippen molar-refractivity contribution in [1.29, 1.82) is 0 Å². The van der Waals surface area contributed by atoms with Crippen LogP contribution < -0.4 is 10.2 Å². The van der Waals surface area contributed by atoms with Gasteiger partial charge in [0.1, 0.15) is 0 Å². The second kappa shape index (κ2) is 9.77. The van der Waals surface area contributed by atoms with Crippen molar-refractivity contribution in [3.8, 4) is 0 Å². The number of anilines is 1. The Bertz CT molecular complexity index is 410. The van der Waals surface area contributed by atoms with Gasteiger partial charge in [-0.2, -0.15) is 0 Å². The molecule has 4 nitrogen and oxygen atoms in total. The van der Waals surface area contributed by atoms with Crippen LogP contribution in [0.2, 0.25) is 0 Å². The maximum Gasteiger partial charge on any atom is 0.0663 e. The lowest BCUT2D eigenvalue weighted by Gasteiger charge is -2.31. The van der Waals surface area contributed by atoms with Crippen LogP contribution in [0.1, 0.15) is 25.0 Å². The lowest BCUT2D eigenvalue weighted by Crippen LogP contribution is -2.38. The summed E-state index contributed by atoms with van der Waals surface area (Å²) in [7, 11) is 3.49. The standard InChI is InChI=1S/C17H30N2O2/c1-6-18-12-16-7-8-17(11-14(16)2)19(9-10-20-4)15(3)13-21-5/h7-8,11,15,18H,6,9-10,12-13H2,1-5H3. The van der Waals surface area contributed by atoms with Crippen LogP contribution in [0, 0.1) is 6.92 Å². The van der Waals surface area contributed by atoms with Crippen LogP contribution in [-0.2, 0) is 16.0 Å². The number of benzene rings is 1. The third-order valence-electron chi connectivity index (χ3n) is 3.70. The molecule has 1 aromatic carbocycles. The molecule has 0 fully saturated rings. The fourth-order valence-electron chi connectivity index (χ4n) is 2.44. The zero-order chi connectivity index (χ0) is 15.7. The lowest BCUT2D eigenvalue weighted by molar-refractivity contribution is 0.171. The van der Waals surface area contributed by atoms with Crippen LogP contribution in [0.4, 0.5) is 5.69 Å². The van der Waals surface area contributed by atoms with Gasteiger partial charge < -0.3 is 19.7 Å². The van der Waals surface area contributed by atoms with E-state index in [2.05, 4.69) is 49.2 Å². The molecular weight excluding hydrogens is 264 g/mol. The number of hydrogen-bond acceptors (Lipinski definition) is 4. The molecule has 120 valence electrons. The fraction of sp³-hybridized carbons (Fsp3) is 0.647. The zero-order valence-corrected chi connectivity index (χ0v) is 14.1. The molecule has 0 amide bonds. The van der Waals surface area contributed by atoms with E-state index in [0.717, 1.165) is 19.6 Å². The first-order chi connectivity index (χ1) is 10.1. The van der Waals surface area contributed by atoms with E-state index in [1.807, 2.05) is 0 Å². The van der Waals surface area contributed by atoms with Gasteiger partial charge in [0.25, 0.3) is 0 Å². The van der Waals surface area contributed by atoms with E-state index >= 15 is 0 Å². The molecule has 0 heterocycles. The summed E-state index contributed by atoms with van der Waals surface area (Å²) >= 11 is 0. The largest absolute Gasteiger partial charge is 0.383 e. The number of nitrogens with zero attached hydrogens (tertiary/aromatic N) is 1. The SMILES string of the molecule is CCNCc1ccc(N(CCOC)C(C)COC)cc1C. The van der Waals surface area contributed by atoms with Crippen molar-refractivity contribution in [2.45, 2.75) is 33.4 Å². The van der Waals surface area contributed by atoms with Crippen molar-refractivity contribution in [2.24, 2.45) is 0 Å². The minimum Gasteiger partial charge on any atom is -0.383 e. The highest BCUT2D eigenvalue weighted by atomic mass is 16.5. The predicted octanol–water partition coefficient (Wildman–Crippen LogP) is 2.59. The third-order valence-corrected chi connectivity index (χ3v) is 3.70. The van der Waals surface area contributed by atoms with E-state index < -0.39 is 0 Å². The van der Waals surface area contributed by atoms with Crippen LogP contribution in [0.25, 0.3) is 0 Å². The Morgan fingerprint density at radius 1 is 1.24 bits per heavy atom. The molecule has 0 aliphatic carbocycles. The van der Waals surface area contributed by atoms with Gasteiger partial charge in [-0.3, -0.25) is 0 Å². The van der Waals surface area contributed by atoms with Gasteiger partial charge in [-0.05, 0) is 43.7 Å². The fourth-order valence-corrected chi connectivity index (χ4v) is 2.44. The van der Waals surface area contributed by atoms with Crippen LogP contribution in [0.3, 0.4) is 0 Å². The van der Waals surface area contributed by atoms with Crippen molar-refractivity contribution in [3.63, 3.8) is 0 Å². The minimum atomic E-state index is 0.323. The third kappa shape index (κ3) is 5.65. The van der Waals surface area contributed by atoms with Gasteiger partial charge in [0.05, 0.1) is 13.2 Å². The molecule has 0 bridgehead atoms. The second-order valence-electron chi connectivity index (χ2n) is 5.38. The highest BCUT2D eigenvalue weighted by Crippen LogP contribution is 2.21. The molecular formula is C17H30N2O2. The van der Waals surface area contributed by atoms with Crippen LogP contribution >= 0.6 is 0 Å². The van der Waals surface area contributed by atoms with Crippen molar-refractivity contribution in [3.05, 3.63) is 29.3 Å². The monoisotopic (exact) mass is 294 g/mol. The van der Waals surface area contributed by atoms with Crippen molar-refractivity contribution >= 4 is 5.69 Å². The van der Waals surface area contributed by atoms with Gasteiger partial charge in [-0.25, -0.2) is 0 Å². The van der Waals surface area contributed by atoms with Gasteiger partial charge in [0.2, 0.25) is 0 Å². The molecule has 4 heteroatoms. The first-order valence-corrected chi connectivity index (χ1v) is 7.68. The van der Waals surface area contributed by atoms with Crippen molar-refractivity contribution in [1.82, 2.24) is 5.32 Å². The van der Waals surface area contributed by atoms with E-state index in [1.54, 1.807) is 14.2 Å².